The first-order valence-electron chi connectivity index (χ1n) is 0. The molecule has 0 heterocycles. The summed E-state index contributed by atoms with van der Waals surface area (Å²) < 4.78 is 0. The Morgan fingerprint density at radius 3 is 0.500 bits per heavy atom. The summed E-state index contributed by atoms with van der Waals surface area (Å²) in [6, 6.07) is 0. The highest BCUT2D eigenvalue weighted by Gasteiger charge is -0.105. The van der Waals surface area contributed by atoms with E-state index in [-0.39, 0.29) is 76.6 Å². The van der Waals surface area contributed by atoms with E-state index in [0.717, 1.165) is 0 Å². The molecule has 0 spiro atoms. The number of hydrogen-bond donors (Lipinski definition) is 0. The Balaban J connectivity index is 0. The van der Waals surface area contributed by atoms with Gasteiger partial charge in [-0.1, -0.05) is 0 Å². The Morgan fingerprint density at radius 1 is 0.500 bits per heavy atom. The van der Waals surface area contributed by atoms with E-state index in [2.05, 4.69) is 0 Å². The summed E-state index contributed by atoms with van der Waals surface area (Å²) >= 11 is 0. The molecule has 0 amide bonds. The minimum absolute atomic E-state index is 0. The van der Waals surface area contributed by atoms with E-state index in [1.54, 1.807) is 0 Å². The van der Waals surface area contributed by atoms with Crippen molar-refractivity contribution >= 4 is 71.9 Å². The normalized spacial score (nSPS) is 0. The van der Waals surface area contributed by atoms with E-state index in [4.69, 9.17) is 0 Å². The first-order chi connectivity index (χ1) is 0. The molecule has 0 aliphatic heterocycles. The van der Waals surface area contributed by atoms with Crippen molar-refractivity contribution in [1.82, 2.24) is 0 Å². The molecule has 0 unspecified atom stereocenters. The third-order valence-corrected chi connectivity index (χ3v) is 0. The van der Waals surface area contributed by atoms with Crippen LogP contribution in [0.15, 0.2) is 0 Å². The van der Waals surface area contributed by atoms with Crippen LogP contribution < -0.4 is 0 Å². The van der Waals surface area contributed by atoms with Gasteiger partial charge in [0.1, 0.15) is 0 Å². The lowest BCUT2D eigenvalue weighted by molar-refractivity contribution is 1.11. The van der Waals surface area contributed by atoms with Crippen LogP contribution in [0.5, 0.6) is 0 Å². The molecule has 0 atom stereocenters. The molecule has 0 rings (SSSR count). The molecular formula is H4FI3. The van der Waals surface area contributed by atoms with Crippen LogP contribution in [0, 0.1) is 0 Å². The molecular weight excluding hydrogens is 400 g/mol. The molecule has 0 nitrogen and oxygen atoms in total. The van der Waals surface area contributed by atoms with Gasteiger partial charge in [0.15, 0.2) is 0 Å². The molecule has 32 valence electrons. The minimum atomic E-state index is 0. The highest BCUT2D eigenvalue weighted by Crippen LogP contribution is 0.888. The van der Waals surface area contributed by atoms with Crippen LogP contribution in [0.25, 0.3) is 0 Å². The maximum atomic E-state index is 0. The molecule has 4 heavy (non-hydrogen) atoms. The maximum absolute atomic E-state index is 0. The van der Waals surface area contributed by atoms with E-state index < -0.39 is 0 Å². The third-order valence-electron chi connectivity index (χ3n) is 0. The predicted octanol–water partition coefficient (Wildman–Crippen LogP) is 2.01. The Labute approximate surface area is 75.5 Å². The van der Waals surface area contributed by atoms with Gasteiger partial charge >= 0.3 is 0 Å². The molecule has 0 aromatic rings. The molecule has 0 aromatic heterocycles. The summed E-state index contributed by atoms with van der Waals surface area (Å²) in [6.45, 7) is 0. The second-order valence-electron chi connectivity index (χ2n) is 0. The van der Waals surface area contributed by atoms with Crippen LogP contribution in [0.4, 0.5) is 4.70 Å². The van der Waals surface area contributed by atoms with Crippen molar-refractivity contribution < 1.29 is 4.70 Å². The second kappa shape index (κ2) is 19.3. The molecule has 0 fully saturated rings. The summed E-state index contributed by atoms with van der Waals surface area (Å²) in [5.74, 6) is 0. The van der Waals surface area contributed by atoms with Crippen LogP contribution in [-0.2, 0) is 0 Å². The van der Waals surface area contributed by atoms with E-state index in [1.165, 1.54) is 0 Å². The van der Waals surface area contributed by atoms with Crippen molar-refractivity contribution in [3.63, 3.8) is 0 Å². The highest BCUT2D eigenvalue weighted by molar-refractivity contribution is 14.0. The zero-order chi connectivity index (χ0) is 0. The molecule has 0 aromatic carbocycles. The Bertz CT molecular complexity index is 3.25. The molecule has 0 aliphatic rings. The fourth-order valence-electron chi connectivity index (χ4n) is 0. The molecule has 0 aliphatic carbocycles. The summed E-state index contributed by atoms with van der Waals surface area (Å²) in [5.41, 5.74) is 0. The molecule has 0 N–H and O–H groups in total. The highest BCUT2D eigenvalue weighted by atomic mass is 127. The largest absolute Gasteiger partial charge is 0.269 e. The van der Waals surface area contributed by atoms with Gasteiger partial charge in [0.05, 0.1) is 0 Å². The summed E-state index contributed by atoms with van der Waals surface area (Å²) in [5, 5.41) is 0. The van der Waals surface area contributed by atoms with Crippen LogP contribution in [0.1, 0.15) is 0 Å². The van der Waals surface area contributed by atoms with Gasteiger partial charge in [-0.25, -0.2) is 0 Å². The van der Waals surface area contributed by atoms with Crippen molar-refractivity contribution in [2.24, 2.45) is 0 Å². The monoisotopic (exact) mass is 404 g/mol. The van der Waals surface area contributed by atoms with Crippen molar-refractivity contribution in [2.75, 3.05) is 0 Å². The average Bonchev–Trinajstić information content (AvgIpc) is 0. The van der Waals surface area contributed by atoms with Gasteiger partial charge in [-0.15, -0.1) is 71.9 Å². The fraction of sp³-hybridized carbons (Fsp3) is 0. The molecule has 0 bridgehead atoms. The smallest absolute Gasteiger partial charge is 0.107 e. The third kappa shape index (κ3) is 8.92. The van der Waals surface area contributed by atoms with E-state index in [1.807, 2.05) is 0 Å². The fourth-order valence-corrected chi connectivity index (χ4v) is 0. The lowest BCUT2D eigenvalue weighted by atomic mass is 19.0. The summed E-state index contributed by atoms with van der Waals surface area (Å²) in [7, 11) is 0. The molecule has 0 saturated heterocycles. The van der Waals surface area contributed by atoms with Gasteiger partial charge < -0.3 is 0 Å². The quantitative estimate of drug-likeness (QED) is 0.543. The Hall–Kier alpha value is 2.12. The summed E-state index contributed by atoms with van der Waals surface area (Å²) in [4.78, 5) is 0. The lowest BCUT2D eigenvalue weighted by Crippen LogP contribution is 0.420. The Morgan fingerprint density at radius 2 is 0.500 bits per heavy atom. The van der Waals surface area contributed by atoms with Gasteiger partial charge in [-0.05, 0) is 0 Å². The first-order valence-corrected chi connectivity index (χ1v) is 0. The van der Waals surface area contributed by atoms with Gasteiger partial charge in [-0.2, -0.15) is 0 Å². The number of rotatable bonds is 0. The van der Waals surface area contributed by atoms with E-state index in [9.17, 15) is 0 Å². The molecule has 0 saturated carbocycles. The second-order valence-corrected chi connectivity index (χ2v) is 0. The SMILES string of the molecule is F.I.I.I. The first kappa shape index (κ1) is 35.7. The van der Waals surface area contributed by atoms with Crippen molar-refractivity contribution in [3.8, 4) is 0 Å². The van der Waals surface area contributed by atoms with E-state index >= 15 is 0 Å². The number of halogens is 4. The van der Waals surface area contributed by atoms with Crippen LogP contribution in [0.3, 0.4) is 0 Å². The number of hydrogen-bond acceptors (Lipinski definition) is 0. The predicted molar refractivity (Wildman–Crippen MR) is 48.7 cm³/mol. The van der Waals surface area contributed by atoms with Crippen LogP contribution in [-0.4, -0.2) is 0 Å². The van der Waals surface area contributed by atoms with Crippen molar-refractivity contribution in [3.05, 3.63) is 0 Å². The maximum Gasteiger partial charge on any atom is -0.107 e. The standard InChI is InChI=1S/FH.3HI/h4*1H. The zero-order valence-electron chi connectivity index (χ0n) is 1.63. The minimum Gasteiger partial charge on any atom is -0.269 e. The average molecular weight is 404 g/mol. The molecule has 0 radical (unpaired) electrons. The zero-order valence-corrected chi connectivity index (χ0v) is 8.62. The Kier molecular flexibility index (Phi) is 173. The van der Waals surface area contributed by atoms with Gasteiger partial charge in [0.2, 0.25) is 0 Å². The molecule has 4 heteroatoms. The lowest BCUT2D eigenvalue weighted by Gasteiger charge is -0.269. The van der Waals surface area contributed by atoms with Crippen molar-refractivity contribution in [1.29, 1.82) is 0 Å². The van der Waals surface area contributed by atoms with Crippen LogP contribution in [0.2, 0.25) is 0 Å². The van der Waals surface area contributed by atoms with Gasteiger partial charge in [0.25, 0.3) is 0 Å². The van der Waals surface area contributed by atoms with Crippen LogP contribution >= 0.6 is 71.9 Å². The van der Waals surface area contributed by atoms with Gasteiger partial charge in [0, 0.05) is 0 Å². The summed E-state index contributed by atoms with van der Waals surface area (Å²) in [6.07, 6.45) is 0. The van der Waals surface area contributed by atoms with Gasteiger partial charge in [-0.3, -0.25) is 4.70 Å². The topological polar surface area (TPSA) is 0 Å². The van der Waals surface area contributed by atoms with Crippen molar-refractivity contribution in [2.45, 2.75) is 0 Å². The van der Waals surface area contributed by atoms with E-state index in [0.29, 0.717) is 0 Å².